The Hall–Kier alpha value is -1.51. The van der Waals surface area contributed by atoms with Crippen molar-refractivity contribution >= 4 is 15.7 Å². The molecule has 2 rings (SSSR count). The van der Waals surface area contributed by atoms with Crippen molar-refractivity contribution in [3.05, 3.63) is 39.9 Å². The first-order valence-corrected chi connectivity index (χ1v) is 8.79. The van der Waals surface area contributed by atoms with Crippen LogP contribution in [0.25, 0.3) is 0 Å². The van der Waals surface area contributed by atoms with E-state index in [1.165, 1.54) is 24.3 Å². The van der Waals surface area contributed by atoms with Crippen molar-refractivity contribution in [3.63, 3.8) is 0 Å². The Labute approximate surface area is 130 Å². The molecule has 22 heavy (non-hydrogen) atoms. The highest BCUT2D eigenvalue weighted by Gasteiger charge is 2.34. The Balaban J connectivity index is 2.06. The number of piperidine rings is 1. The van der Waals surface area contributed by atoms with Gasteiger partial charge in [-0.3, -0.25) is 10.1 Å². The molecule has 2 N–H and O–H groups in total. The molecule has 1 heterocycles. The number of sulfonamides is 1. The van der Waals surface area contributed by atoms with Crippen LogP contribution < -0.4 is 10.0 Å². The average Bonchev–Trinajstić information content (AvgIpc) is 2.41. The van der Waals surface area contributed by atoms with Crippen LogP contribution in [0.4, 0.5) is 5.69 Å². The molecule has 0 aliphatic carbocycles. The highest BCUT2D eigenvalue weighted by Crippen LogP contribution is 2.26. The average molecular weight is 327 g/mol. The van der Waals surface area contributed by atoms with Crippen LogP contribution >= 0.6 is 0 Å². The topological polar surface area (TPSA) is 101 Å². The molecule has 0 radical (unpaired) electrons. The number of nitrogens with zero attached hydrogens (tertiary/aromatic N) is 1. The lowest BCUT2D eigenvalue weighted by molar-refractivity contribution is -0.384. The third-order valence-corrected chi connectivity index (χ3v) is 5.32. The monoisotopic (exact) mass is 327 g/mol. The number of nitro benzene ring substituents is 1. The number of hydrogen-bond donors (Lipinski definition) is 2. The number of hydrogen-bond acceptors (Lipinski definition) is 5. The lowest BCUT2D eigenvalue weighted by Crippen LogP contribution is -2.54. The molecule has 1 aromatic rings. The lowest BCUT2D eigenvalue weighted by atomic mass is 9.81. The maximum absolute atomic E-state index is 12.3. The minimum atomic E-state index is -3.49. The Kier molecular flexibility index (Phi) is 4.84. The first kappa shape index (κ1) is 16.9. The summed E-state index contributed by atoms with van der Waals surface area (Å²) in [5, 5.41) is 13.9. The van der Waals surface area contributed by atoms with Crippen LogP contribution in [-0.2, 0) is 15.8 Å². The summed E-state index contributed by atoms with van der Waals surface area (Å²) >= 11 is 0. The molecule has 0 amide bonds. The van der Waals surface area contributed by atoms with E-state index in [0.717, 1.165) is 19.5 Å². The fourth-order valence-corrected chi connectivity index (χ4v) is 4.17. The van der Waals surface area contributed by atoms with E-state index in [0.29, 0.717) is 5.56 Å². The van der Waals surface area contributed by atoms with Crippen LogP contribution in [0.3, 0.4) is 0 Å². The number of nitrogens with one attached hydrogen (secondary N) is 2. The molecule has 1 saturated heterocycles. The summed E-state index contributed by atoms with van der Waals surface area (Å²) in [7, 11) is -3.49. The van der Waals surface area contributed by atoms with Gasteiger partial charge in [0.2, 0.25) is 10.0 Å². The van der Waals surface area contributed by atoms with E-state index in [-0.39, 0.29) is 22.9 Å². The molecule has 1 unspecified atom stereocenters. The molecule has 0 spiro atoms. The van der Waals surface area contributed by atoms with Crippen molar-refractivity contribution in [2.24, 2.45) is 5.41 Å². The van der Waals surface area contributed by atoms with Gasteiger partial charge in [0, 0.05) is 24.7 Å². The summed E-state index contributed by atoms with van der Waals surface area (Å²) in [5.41, 5.74) is 0.333. The molecule has 1 aliphatic heterocycles. The fraction of sp³-hybridized carbons (Fsp3) is 0.571. The van der Waals surface area contributed by atoms with Crippen molar-refractivity contribution in [2.75, 3.05) is 13.1 Å². The van der Waals surface area contributed by atoms with Crippen molar-refractivity contribution < 1.29 is 13.3 Å². The highest BCUT2D eigenvalue weighted by molar-refractivity contribution is 7.88. The normalized spacial score (nSPS) is 21.5. The zero-order chi connectivity index (χ0) is 16.4. The van der Waals surface area contributed by atoms with E-state index in [2.05, 4.69) is 10.0 Å². The van der Waals surface area contributed by atoms with Gasteiger partial charge in [0.15, 0.2) is 0 Å². The van der Waals surface area contributed by atoms with Crippen LogP contribution in [0, 0.1) is 15.5 Å². The largest absolute Gasteiger partial charge is 0.316 e. The van der Waals surface area contributed by atoms with Gasteiger partial charge in [0.1, 0.15) is 0 Å². The number of nitro groups is 1. The van der Waals surface area contributed by atoms with Crippen LogP contribution in [0.15, 0.2) is 24.3 Å². The van der Waals surface area contributed by atoms with Crippen LogP contribution in [-0.4, -0.2) is 32.5 Å². The summed E-state index contributed by atoms with van der Waals surface area (Å²) in [4.78, 5) is 10.1. The van der Waals surface area contributed by atoms with E-state index < -0.39 is 14.9 Å². The molecule has 1 aromatic carbocycles. The summed E-state index contributed by atoms with van der Waals surface area (Å²) in [6.07, 6.45) is 0.743. The van der Waals surface area contributed by atoms with Crippen molar-refractivity contribution in [2.45, 2.75) is 32.1 Å². The Morgan fingerprint density at radius 1 is 1.36 bits per heavy atom. The van der Waals surface area contributed by atoms with E-state index in [4.69, 9.17) is 0 Å². The Morgan fingerprint density at radius 3 is 2.55 bits per heavy atom. The minimum Gasteiger partial charge on any atom is -0.316 e. The van der Waals surface area contributed by atoms with Crippen LogP contribution in [0.1, 0.15) is 25.8 Å². The van der Waals surface area contributed by atoms with Crippen molar-refractivity contribution in [3.8, 4) is 0 Å². The maximum atomic E-state index is 12.3. The standard InChI is InChI=1S/C14H21N3O4S/c1-14(2)10-15-8-7-13(14)16-22(20,21)9-11-3-5-12(6-4-11)17(18)19/h3-6,13,15-16H,7-10H2,1-2H3. The van der Waals surface area contributed by atoms with Gasteiger partial charge in [0.05, 0.1) is 10.7 Å². The zero-order valence-corrected chi connectivity index (χ0v) is 13.5. The first-order chi connectivity index (χ1) is 10.2. The van der Waals surface area contributed by atoms with Gasteiger partial charge in [-0.05, 0) is 23.9 Å². The Morgan fingerprint density at radius 2 is 2.00 bits per heavy atom. The summed E-state index contributed by atoms with van der Waals surface area (Å²) in [5.74, 6) is -0.176. The third kappa shape index (κ3) is 4.25. The molecule has 0 saturated carbocycles. The van der Waals surface area contributed by atoms with Gasteiger partial charge in [0.25, 0.3) is 5.69 Å². The molecule has 1 atom stereocenters. The molecule has 1 aliphatic rings. The second-order valence-electron chi connectivity index (χ2n) is 6.31. The predicted octanol–water partition coefficient (Wildman–Crippen LogP) is 1.40. The molecule has 7 nitrogen and oxygen atoms in total. The van der Waals surface area contributed by atoms with Crippen LogP contribution in [0.2, 0.25) is 0 Å². The van der Waals surface area contributed by atoms with E-state index in [9.17, 15) is 18.5 Å². The highest BCUT2D eigenvalue weighted by atomic mass is 32.2. The van der Waals surface area contributed by atoms with Gasteiger partial charge < -0.3 is 5.32 Å². The summed E-state index contributed by atoms with van der Waals surface area (Å²) < 4.78 is 27.4. The smallest absolute Gasteiger partial charge is 0.269 e. The quantitative estimate of drug-likeness (QED) is 0.629. The zero-order valence-electron chi connectivity index (χ0n) is 12.7. The van der Waals surface area contributed by atoms with E-state index in [1.54, 1.807) is 0 Å². The second-order valence-corrected chi connectivity index (χ2v) is 8.06. The molecule has 8 heteroatoms. The maximum Gasteiger partial charge on any atom is 0.269 e. The summed E-state index contributed by atoms with van der Waals surface area (Å²) in [6.45, 7) is 5.60. The predicted molar refractivity (Wildman–Crippen MR) is 83.9 cm³/mol. The SMILES string of the molecule is CC1(C)CNCCC1NS(=O)(=O)Cc1ccc([N+](=O)[O-])cc1. The Bertz CT molecular complexity index is 641. The number of benzene rings is 1. The van der Waals surface area contributed by atoms with Gasteiger partial charge in [-0.15, -0.1) is 0 Å². The molecule has 1 fully saturated rings. The van der Waals surface area contributed by atoms with Crippen LogP contribution in [0.5, 0.6) is 0 Å². The van der Waals surface area contributed by atoms with E-state index >= 15 is 0 Å². The molecule has 122 valence electrons. The third-order valence-electron chi connectivity index (χ3n) is 3.96. The molecular formula is C14H21N3O4S. The van der Waals surface area contributed by atoms with Crippen molar-refractivity contribution in [1.82, 2.24) is 10.0 Å². The van der Waals surface area contributed by atoms with Gasteiger partial charge in [-0.25, -0.2) is 13.1 Å². The molecular weight excluding hydrogens is 306 g/mol. The van der Waals surface area contributed by atoms with Gasteiger partial charge >= 0.3 is 0 Å². The van der Waals surface area contributed by atoms with Gasteiger partial charge in [-0.2, -0.15) is 0 Å². The first-order valence-electron chi connectivity index (χ1n) is 7.14. The molecule has 0 bridgehead atoms. The minimum absolute atomic E-state index is 0.0476. The fourth-order valence-electron chi connectivity index (χ4n) is 2.58. The molecule has 0 aromatic heterocycles. The number of rotatable bonds is 5. The number of non-ortho nitro benzene ring substituents is 1. The second kappa shape index (κ2) is 6.31. The van der Waals surface area contributed by atoms with Gasteiger partial charge in [-0.1, -0.05) is 26.0 Å². The van der Waals surface area contributed by atoms with Crippen molar-refractivity contribution in [1.29, 1.82) is 0 Å². The summed E-state index contributed by atoms with van der Waals surface area (Å²) in [6, 6.07) is 5.48. The van der Waals surface area contributed by atoms with E-state index in [1.807, 2.05) is 13.8 Å². The lowest BCUT2D eigenvalue weighted by Gasteiger charge is -2.39.